The average Bonchev–Trinajstić information content (AvgIpc) is 2.16. The summed E-state index contributed by atoms with van der Waals surface area (Å²) in [5, 5.41) is 8.62. The van der Waals surface area contributed by atoms with E-state index in [2.05, 4.69) is 29.6 Å². The quantitative estimate of drug-likeness (QED) is 0.287. The molecule has 0 rings (SSSR count). The monoisotopic (exact) mass is 304 g/mol. The van der Waals surface area contributed by atoms with E-state index in [0.717, 1.165) is 0 Å². The molecule has 0 aliphatic carbocycles. The molecule has 0 aliphatic rings. The third kappa shape index (κ3) is 5.23. The van der Waals surface area contributed by atoms with Crippen molar-refractivity contribution in [1.29, 1.82) is 0 Å². The van der Waals surface area contributed by atoms with E-state index in [9.17, 15) is 9.59 Å². The molecule has 0 amide bonds. The predicted molar refractivity (Wildman–Crippen MR) is 61.0 cm³/mol. The van der Waals surface area contributed by atoms with E-state index >= 15 is 0 Å². The van der Waals surface area contributed by atoms with E-state index in [-0.39, 0.29) is 16.2 Å². The standard InChI is InChI=1S/C6H12N2O3S2Se/c7-3(1-12)6(11)14-8-4(2-13)5(9)10/h3-4,8,12-13H,1-2,7H2,(H,9,10)/t3-,4-/m0/s1. The normalized spacial score (nSPS) is 14.8. The molecule has 0 radical (unpaired) electrons. The first kappa shape index (κ1) is 14.3. The van der Waals surface area contributed by atoms with Crippen LogP contribution in [0.15, 0.2) is 0 Å². The van der Waals surface area contributed by atoms with Gasteiger partial charge in [-0.05, 0) is 0 Å². The molecule has 0 saturated carbocycles. The Hall–Kier alpha value is 0.279. The third-order valence-electron chi connectivity index (χ3n) is 1.28. The van der Waals surface area contributed by atoms with Crippen LogP contribution in [0.4, 0.5) is 0 Å². The van der Waals surface area contributed by atoms with Crippen LogP contribution in [-0.2, 0) is 9.59 Å². The Kier molecular flexibility index (Phi) is 7.71. The average molecular weight is 303 g/mol. The molecular formula is C6H12N2O3S2Se. The Morgan fingerprint density at radius 3 is 2.36 bits per heavy atom. The topological polar surface area (TPSA) is 92.4 Å². The second-order valence-electron chi connectivity index (χ2n) is 2.40. The van der Waals surface area contributed by atoms with Gasteiger partial charge in [0.15, 0.2) is 0 Å². The summed E-state index contributed by atoms with van der Waals surface area (Å²) in [6, 6.07) is -1.42. The molecule has 0 fully saturated rings. The molecule has 0 bridgehead atoms. The van der Waals surface area contributed by atoms with Crippen LogP contribution in [0.1, 0.15) is 0 Å². The number of thiol groups is 2. The number of carbonyl (C=O) groups is 2. The van der Waals surface area contributed by atoms with Crippen LogP contribution in [0, 0.1) is 0 Å². The van der Waals surface area contributed by atoms with E-state index in [1.165, 1.54) is 0 Å². The summed E-state index contributed by atoms with van der Waals surface area (Å²) >= 11 is 7.08. The van der Waals surface area contributed by atoms with Crippen molar-refractivity contribution >= 4 is 51.1 Å². The molecule has 0 saturated heterocycles. The zero-order chi connectivity index (χ0) is 11.1. The molecule has 0 aromatic rings. The van der Waals surface area contributed by atoms with Gasteiger partial charge in [0.05, 0.1) is 0 Å². The minimum atomic E-state index is -1.02. The predicted octanol–water partition coefficient (Wildman–Crippen LogP) is -1.64. The molecule has 0 spiro atoms. The molecule has 0 aliphatic heterocycles. The fourth-order valence-electron chi connectivity index (χ4n) is 0.445. The van der Waals surface area contributed by atoms with E-state index in [1.54, 1.807) is 0 Å². The molecule has 2 atom stereocenters. The fourth-order valence-corrected chi connectivity index (χ4v) is 2.83. The molecule has 14 heavy (non-hydrogen) atoms. The number of hydrogen-bond acceptors (Lipinski definition) is 6. The summed E-state index contributed by atoms with van der Waals surface area (Å²) in [6.07, 6.45) is 0. The fraction of sp³-hybridized carbons (Fsp3) is 0.667. The Labute approximate surface area is 99.4 Å². The first-order chi connectivity index (χ1) is 6.52. The summed E-state index contributed by atoms with van der Waals surface area (Å²) in [5.41, 5.74) is 5.40. The number of carbonyl (C=O) groups excluding carboxylic acids is 1. The maximum absolute atomic E-state index is 11.2. The van der Waals surface area contributed by atoms with Gasteiger partial charge >= 0.3 is 99.4 Å². The molecule has 8 heteroatoms. The summed E-state index contributed by atoms with van der Waals surface area (Å²) in [7, 11) is 0. The molecule has 0 unspecified atom stereocenters. The SMILES string of the molecule is N[C@@H](CS)C(=O)[Se]N[C@@H](CS)C(=O)O. The molecular weight excluding hydrogens is 291 g/mol. The summed E-state index contributed by atoms with van der Waals surface area (Å²) in [4.78, 5) is 21.7. The Morgan fingerprint density at radius 1 is 1.43 bits per heavy atom. The van der Waals surface area contributed by atoms with Crippen LogP contribution in [-0.4, -0.2) is 54.5 Å². The third-order valence-corrected chi connectivity index (χ3v) is 3.94. The number of hydrogen-bond donors (Lipinski definition) is 5. The summed E-state index contributed by atoms with van der Waals surface area (Å²) in [6.45, 7) is 0. The Morgan fingerprint density at radius 2 is 2.00 bits per heavy atom. The number of carboxylic acids is 1. The zero-order valence-corrected chi connectivity index (χ0v) is 10.7. The summed E-state index contributed by atoms with van der Waals surface area (Å²) < 4.78 is 2.41. The van der Waals surface area contributed by atoms with Crippen molar-refractivity contribution in [2.45, 2.75) is 12.1 Å². The van der Waals surface area contributed by atoms with Gasteiger partial charge in [0.2, 0.25) is 0 Å². The van der Waals surface area contributed by atoms with Crippen LogP contribution in [0.2, 0.25) is 0 Å². The number of aliphatic carboxylic acids is 1. The van der Waals surface area contributed by atoms with Crippen LogP contribution in [0.5, 0.6) is 0 Å². The molecule has 0 aromatic carbocycles. The molecule has 82 valence electrons. The van der Waals surface area contributed by atoms with Crippen LogP contribution in [0.25, 0.3) is 0 Å². The van der Waals surface area contributed by atoms with Crippen molar-refractivity contribution in [2.75, 3.05) is 11.5 Å². The molecule has 5 nitrogen and oxygen atoms in total. The van der Waals surface area contributed by atoms with Crippen molar-refractivity contribution in [2.24, 2.45) is 5.73 Å². The van der Waals surface area contributed by atoms with Gasteiger partial charge in [0, 0.05) is 0 Å². The van der Waals surface area contributed by atoms with Gasteiger partial charge < -0.3 is 0 Å². The van der Waals surface area contributed by atoms with Gasteiger partial charge in [-0.25, -0.2) is 0 Å². The minimum absolute atomic E-state index is 0.139. The van der Waals surface area contributed by atoms with Gasteiger partial charge in [-0.3, -0.25) is 0 Å². The van der Waals surface area contributed by atoms with Crippen molar-refractivity contribution < 1.29 is 14.7 Å². The van der Waals surface area contributed by atoms with Gasteiger partial charge in [-0.1, -0.05) is 0 Å². The Bertz CT molecular complexity index is 217. The van der Waals surface area contributed by atoms with Crippen molar-refractivity contribution in [3.8, 4) is 0 Å². The molecule has 4 N–H and O–H groups in total. The van der Waals surface area contributed by atoms with Crippen molar-refractivity contribution in [1.82, 2.24) is 4.33 Å². The Balaban J connectivity index is 3.91. The van der Waals surface area contributed by atoms with E-state index in [1.807, 2.05) is 0 Å². The van der Waals surface area contributed by atoms with Crippen molar-refractivity contribution in [3.05, 3.63) is 0 Å². The van der Waals surface area contributed by atoms with Crippen molar-refractivity contribution in [3.63, 3.8) is 0 Å². The van der Waals surface area contributed by atoms with Gasteiger partial charge in [0.25, 0.3) is 0 Å². The number of nitrogens with one attached hydrogen (secondary N) is 1. The molecule has 0 heterocycles. The van der Waals surface area contributed by atoms with E-state index < -0.39 is 33.2 Å². The first-order valence-corrected chi connectivity index (χ1v) is 6.67. The van der Waals surface area contributed by atoms with Gasteiger partial charge in [-0.15, -0.1) is 0 Å². The van der Waals surface area contributed by atoms with E-state index in [0.29, 0.717) is 0 Å². The number of rotatable bonds is 7. The second kappa shape index (κ2) is 7.56. The van der Waals surface area contributed by atoms with E-state index in [4.69, 9.17) is 10.8 Å². The zero-order valence-electron chi connectivity index (χ0n) is 7.21. The number of carboxylic acid groups (broad SMARTS) is 1. The number of nitrogens with two attached hydrogens (primary N) is 1. The van der Waals surface area contributed by atoms with Crippen LogP contribution in [0.3, 0.4) is 0 Å². The first-order valence-electron chi connectivity index (χ1n) is 3.69. The van der Waals surface area contributed by atoms with Crippen LogP contribution >= 0.6 is 25.3 Å². The maximum atomic E-state index is 11.2. The van der Waals surface area contributed by atoms with Gasteiger partial charge in [-0.2, -0.15) is 0 Å². The molecule has 0 aromatic heterocycles. The van der Waals surface area contributed by atoms with Crippen LogP contribution < -0.4 is 10.1 Å². The van der Waals surface area contributed by atoms with Gasteiger partial charge in [0.1, 0.15) is 0 Å². The second-order valence-corrected chi connectivity index (χ2v) is 4.90. The summed E-state index contributed by atoms with van der Waals surface area (Å²) in [5.74, 6) is -0.615.